The van der Waals surface area contributed by atoms with Crippen LogP contribution in [0.3, 0.4) is 0 Å². The highest BCUT2D eigenvalue weighted by atomic mass is 32.2. The molecule has 7 N–H and O–H groups in total. The van der Waals surface area contributed by atoms with Crippen molar-refractivity contribution in [1.82, 2.24) is 29.9 Å². The summed E-state index contributed by atoms with van der Waals surface area (Å²) in [5.41, 5.74) is 11.9. The Morgan fingerprint density at radius 3 is 1.57 bits per heavy atom. The topological polar surface area (TPSA) is 227 Å². The Morgan fingerprint density at radius 1 is 0.616 bits per heavy atom. The number of fused-ring (bicyclic) bond motifs is 2. The first-order valence-corrected chi connectivity index (χ1v) is 31.3. The molecule has 0 radical (unpaired) electrons. The van der Waals surface area contributed by atoms with Crippen molar-refractivity contribution >= 4 is 115 Å². The fraction of sp³-hybridized carbons (Fsp3) is 0.385. The van der Waals surface area contributed by atoms with E-state index in [4.69, 9.17) is 24.2 Å². The molecule has 2 amide bonds. The van der Waals surface area contributed by atoms with E-state index in [0.29, 0.717) is 74.8 Å². The van der Waals surface area contributed by atoms with E-state index in [1.54, 1.807) is 20.3 Å². The van der Waals surface area contributed by atoms with Gasteiger partial charge in [0.1, 0.15) is 35.3 Å². The standard InChI is InChI=1S/C34H43N7O2S.C31H37N7O3S/c1-20-9-12-24(15-20)41(6)29-14-13-25-30(39-29)32(36-19-35-25)37-26-16-22(11-10-21(26)2)33(42)38-27-17-23(34(3,4)5)18-28(40-44-8)31(27)43-7;1-18-7-8-19(30(39)36-24-14-20(31(2,3)4)15-25(38-42-6)28(24)40-5)13-23(18)35-29-27-22(32-17-33-29)9-10-26(37-27)34-21-11-12-41-16-21/h10-11,13-14,16-20,24,40H,9,12,15H2,1-8H3,(H,38,42)(H,35,36,37);7-10,13-15,17,21,38H,11-12,16H2,1-6H3,(H,34,37)(H,36,39)(H,32,33,35). The Labute approximate surface area is 513 Å². The van der Waals surface area contributed by atoms with E-state index < -0.39 is 0 Å². The van der Waals surface area contributed by atoms with Crippen molar-refractivity contribution in [3.63, 3.8) is 0 Å². The van der Waals surface area contributed by atoms with Crippen LogP contribution in [0.5, 0.6) is 11.5 Å². The normalized spacial score (nSPS) is 15.8. The SMILES string of the molecule is COc1c(NSC)cc(C(C)(C)C)cc1NC(=O)c1ccc(C)c(Nc2ncnc3ccc(N(C)C4CCC(C)C4)nc23)c1.COc1c(NSC)cc(C(C)(C)C)cc1NC(=O)c1ccc(C)c(Nc2ncnc3ccc(NC4CCOC4)nc23)c1. The highest BCUT2D eigenvalue weighted by molar-refractivity contribution is 8.00. The van der Waals surface area contributed by atoms with E-state index in [-0.39, 0.29) is 28.7 Å². The summed E-state index contributed by atoms with van der Waals surface area (Å²) in [5.74, 6) is 4.18. The number of hydrogen-bond donors (Lipinski definition) is 7. The maximum absolute atomic E-state index is 13.6. The lowest BCUT2D eigenvalue weighted by atomic mass is 9.86. The third-order valence-electron chi connectivity index (χ3n) is 15.6. The van der Waals surface area contributed by atoms with E-state index in [1.807, 2.05) is 93.1 Å². The van der Waals surface area contributed by atoms with Crippen LogP contribution in [0.1, 0.15) is 117 Å². The van der Waals surface area contributed by atoms with Crippen molar-refractivity contribution in [2.75, 3.05) is 87.9 Å². The highest BCUT2D eigenvalue weighted by Gasteiger charge is 2.28. The van der Waals surface area contributed by atoms with Gasteiger partial charge in [-0.25, -0.2) is 29.9 Å². The third kappa shape index (κ3) is 14.7. The first-order valence-electron chi connectivity index (χ1n) is 28.9. The minimum Gasteiger partial charge on any atom is -0.492 e. The molecule has 0 spiro atoms. The highest BCUT2D eigenvalue weighted by Crippen LogP contribution is 2.42. The molecular formula is C65H80N14O5S2. The van der Waals surface area contributed by atoms with Gasteiger partial charge in [0.2, 0.25) is 0 Å². The van der Waals surface area contributed by atoms with Crippen molar-refractivity contribution in [1.29, 1.82) is 0 Å². The number of ether oxygens (including phenoxy) is 3. The molecule has 452 valence electrons. The number of methoxy groups -OCH3 is 2. The maximum atomic E-state index is 13.6. The fourth-order valence-electron chi connectivity index (χ4n) is 10.5. The molecule has 86 heavy (non-hydrogen) atoms. The summed E-state index contributed by atoms with van der Waals surface area (Å²) in [6.07, 6.45) is 11.5. The van der Waals surface area contributed by atoms with Gasteiger partial charge in [-0.2, -0.15) is 0 Å². The Hall–Kier alpha value is -8.14. The number of anilines is 10. The van der Waals surface area contributed by atoms with E-state index in [2.05, 4.69) is 129 Å². The van der Waals surface area contributed by atoms with Gasteiger partial charge in [-0.3, -0.25) is 9.59 Å². The number of hydrogen-bond acceptors (Lipinski definition) is 19. The van der Waals surface area contributed by atoms with Crippen LogP contribution in [0.15, 0.2) is 97.6 Å². The van der Waals surface area contributed by atoms with E-state index >= 15 is 0 Å². The number of aryl methyl sites for hydroxylation is 2. The summed E-state index contributed by atoms with van der Waals surface area (Å²) >= 11 is 2.94. The fourth-order valence-corrected chi connectivity index (χ4v) is 11.2. The van der Waals surface area contributed by atoms with Gasteiger partial charge in [0.15, 0.2) is 23.1 Å². The molecule has 1 saturated heterocycles. The molecule has 10 rings (SSSR count). The number of nitrogens with zero attached hydrogens (tertiary/aromatic N) is 7. The van der Waals surface area contributed by atoms with Crippen molar-refractivity contribution in [3.8, 4) is 11.5 Å². The van der Waals surface area contributed by atoms with Crippen molar-refractivity contribution in [2.45, 2.75) is 111 Å². The van der Waals surface area contributed by atoms with Gasteiger partial charge in [0, 0.05) is 54.7 Å². The Morgan fingerprint density at radius 2 is 1.12 bits per heavy atom. The predicted molar refractivity (Wildman–Crippen MR) is 355 cm³/mol. The largest absolute Gasteiger partial charge is 0.492 e. The van der Waals surface area contributed by atoms with Crippen molar-refractivity contribution in [3.05, 3.63) is 131 Å². The lowest BCUT2D eigenvalue weighted by Crippen LogP contribution is -2.29. The van der Waals surface area contributed by atoms with Crippen molar-refractivity contribution < 1.29 is 23.8 Å². The van der Waals surface area contributed by atoms with Gasteiger partial charge in [-0.15, -0.1) is 0 Å². The summed E-state index contributed by atoms with van der Waals surface area (Å²) in [6.45, 7) is 20.5. The lowest BCUT2D eigenvalue weighted by molar-refractivity contribution is 0.101. The zero-order valence-electron chi connectivity index (χ0n) is 51.7. The summed E-state index contributed by atoms with van der Waals surface area (Å²) in [7, 11) is 5.33. The Balaban J connectivity index is 0.000000206. The quantitative estimate of drug-likeness (QED) is 0.0396. The van der Waals surface area contributed by atoms with Gasteiger partial charge < -0.3 is 55.1 Å². The van der Waals surface area contributed by atoms with Crippen LogP contribution in [0.25, 0.3) is 22.1 Å². The Bertz CT molecular complexity index is 3750. The Kier molecular flexibility index (Phi) is 19.6. The minimum atomic E-state index is -0.256. The molecule has 8 aromatic rings. The van der Waals surface area contributed by atoms with Crippen molar-refractivity contribution in [2.24, 2.45) is 5.92 Å². The lowest BCUT2D eigenvalue weighted by Gasteiger charge is -2.26. The molecule has 2 fully saturated rings. The molecule has 0 bridgehead atoms. The molecule has 1 aliphatic heterocycles. The zero-order valence-corrected chi connectivity index (χ0v) is 53.3. The minimum absolute atomic E-state index is 0.125. The van der Waals surface area contributed by atoms with Crippen LogP contribution in [-0.4, -0.2) is 101 Å². The van der Waals surface area contributed by atoms with Crippen LogP contribution < -0.4 is 50.4 Å². The number of rotatable bonds is 18. The molecule has 21 heteroatoms. The number of aromatic nitrogens is 6. The number of carbonyl (C=O) groups is 2. The summed E-state index contributed by atoms with van der Waals surface area (Å²) in [5, 5.41) is 16.4. The molecule has 1 aliphatic carbocycles. The van der Waals surface area contributed by atoms with E-state index in [9.17, 15) is 9.59 Å². The van der Waals surface area contributed by atoms with Crippen LogP contribution in [0.4, 0.5) is 57.4 Å². The molecule has 1 saturated carbocycles. The summed E-state index contributed by atoms with van der Waals surface area (Å²) in [4.78, 5) is 57.1. The second-order valence-corrected chi connectivity index (χ2v) is 25.2. The van der Waals surface area contributed by atoms with E-state index in [1.165, 1.54) is 55.8 Å². The van der Waals surface area contributed by atoms with Gasteiger partial charge in [0.05, 0.1) is 60.7 Å². The molecular weight excluding hydrogens is 1120 g/mol. The first-order chi connectivity index (χ1) is 41.1. The zero-order chi connectivity index (χ0) is 61.5. The molecule has 3 atom stereocenters. The number of amides is 2. The monoisotopic (exact) mass is 1200 g/mol. The molecule has 4 aromatic heterocycles. The number of carbonyl (C=O) groups excluding carboxylic acids is 2. The van der Waals surface area contributed by atoms with Gasteiger partial charge in [-0.05, 0) is 151 Å². The molecule has 5 heterocycles. The first kappa shape index (κ1) is 62.4. The van der Waals surface area contributed by atoms with Crippen LogP contribution in [-0.2, 0) is 15.6 Å². The van der Waals surface area contributed by atoms with E-state index in [0.717, 1.165) is 81.1 Å². The maximum Gasteiger partial charge on any atom is 0.255 e. The number of nitrogens with one attached hydrogen (secondary N) is 7. The van der Waals surface area contributed by atoms with Gasteiger partial charge in [0.25, 0.3) is 11.8 Å². The van der Waals surface area contributed by atoms with Gasteiger partial charge in [-0.1, -0.05) is 84.5 Å². The molecule has 2 aliphatic rings. The number of benzene rings is 4. The van der Waals surface area contributed by atoms with Gasteiger partial charge >= 0.3 is 0 Å². The molecule has 19 nitrogen and oxygen atoms in total. The van der Waals surface area contributed by atoms with Crippen LogP contribution >= 0.6 is 23.9 Å². The van der Waals surface area contributed by atoms with Crippen LogP contribution in [0, 0.1) is 19.8 Å². The molecule has 4 aromatic carbocycles. The predicted octanol–water partition coefficient (Wildman–Crippen LogP) is 14.5. The number of pyridine rings is 2. The average molecular weight is 1200 g/mol. The average Bonchev–Trinajstić information content (AvgIpc) is 1.77. The summed E-state index contributed by atoms with van der Waals surface area (Å²) < 4.78 is 23.5. The second kappa shape index (κ2) is 27.1. The van der Waals surface area contributed by atoms with Crippen LogP contribution in [0.2, 0.25) is 0 Å². The molecule has 3 unspecified atom stereocenters. The second-order valence-electron chi connectivity index (χ2n) is 24.0. The third-order valence-corrected chi connectivity index (χ3v) is 16.4. The smallest absolute Gasteiger partial charge is 0.255 e. The summed E-state index contributed by atoms with van der Waals surface area (Å²) in [6, 6.07) is 27.8.